The zero-order valence-corrected chi connectivity index (χ0v) is 23.5. The van der Waals surface area contributed by atoms with Crippen molar-refractivity contribution in [3.05, 3.63) is 158 Å². The molecule has 0 spiro atoms. The van der Waals surface area contributed by atoms with E-state index in [0.717, 1.165) is 38.8 Å². The van der Waals surface area contributed by atoms with Gasteiger partial charge in [-0.15, -0.1) is 0 Å². The molecule has 0 radical (unpaired) electrons. The standard InChI is InChI=1S/C42H30/c1-5-29-30(6-2)38(24-28-17-10-12-20-34(28)29)39-26-42-37-22-14-13-21-36(37)41(25-40(42)32(8-4)31(39)7-3)35-23-15-18-27-16-9-11-19-33(27)35/h5-26H,1-4H2. The molecule has 0 aliphatic carbocycles. The molecule has 0 fully saturated rings. The lowest BCUT2D eigenvalue weighted by molar-refractivity contribution is 1.59. The Kier molecular flexibility index (Phi) is 6.18. The molecular formula is C42H30. The van der Waals surface area contributed by atoms with Crippen LogP contribution in [0.1, 0.15) is 22.3 Å². The Balaban J connectivity index is 1.64. The van der Waals surface area contributed by atoms with E-state index in [1.54, 1.807) is 0 Å². The molecule has 198 valence electrons. The van der Waals surface area contributed by atoms with Gasteiger partial charge in [-0.3, -0.25) is 0 Å². The number of rotatable bonds is 6. The van der Waals surface area contributed by atoms with Gasteiger partial charge < -0.3 is 0 Å². The van der Waals surface area contributed by atoms with Gasteiger partial charge in [-0.25, -0.2) is 0 Å². The van der Waals surface area contributed by atoms with Gasteiger partial charge in [0.1, 0.15) is 0 Å². The van der Waals surface area contributed by atoms with E-state index in [1.165, 1.54) is 48.8 Å². The first kappa shape index (κ1) is 25.5. The van der Waals surface area contributed by atoms with E-state index in [9.17, 15) is 0 Å². The lowest BCUT2D eigenvalue weighted by Gasteiger charge is -2.21. The summed E-state index contributed by atoms with van der Waals surface area (Å²) >= 11 is 0. The zero-order valence-electron chi connectivity index (χ0n) is 23.5. The molecule has 0 bridgehead atoms. The molecule has 42 heavy (non-hydrogen) atoms. The second-order valence-corrected chi connectivity index (χ2v) is 10.6. The third-order valence-corrected chi connectivity index (χ3v) is 8.56. The van der Waals surface area contributed by atoms with Gasteiger partial charge in [-0.05, 0) is 106 Å². The first-order chi connectivity index (χ1) is 20.7. The summed E-state index contributed by atoms with van der Waals surface area (Å²) in [4.78, 5) is 0. The van der Waals surface area contributed by atoms with Gasteiger partial charge in [0.05, 0.1) is 0 Å². The number of hydrogen-bond donors (Lipinski definition) is 0. The quantitative estimate of drug-likeness (QED) is 0.186. The van der Waals surface area contributed by atoms with Crippen LogP contribution in [0.2, 0.25) is 0 Å². The van der Waals surface area contributed by atoms with Crippen molar-refractivity contribution in [3.63, 3.8) is 0 Å². The van der Waals surface area contributed by atoms with E-state index < -0.39 is 0 Å². The average Bonchev–Trinajstić information content (AvgIpc) is 3.05. The highest BCUT2D eigenvalue weighted by atomic mass is 14.2. The largest absolute Gasteiger partial charge is 0.0984 e. The van der Waals surface area contributed by atoms with Crippen LogP contribution in [0.4, 0.5) is 0 Å². The van der Waals surface area contributed by atoms with E-state index >= 15 is 0 Å². The Labute approximate surface area is 246 Å². The monoisotopic (exact) mass is 534 g/mol. The molecule has 0 heterocycles. The Hall–Kier alpha value is -5.46. The zero-order chi connectivity index (χ0) is 28.8. The Morgan fingerprint density at radius 3 is 1.50 bits per heavy atom. The van der Waals surface area contributed by atoms with Gasteiger partial charge in [0, 0.05) is 0 Å². The molecule has 0 amide bonds. The molecule has 0 unspecified atom stereocenters. The predicted octanol–water partition coefficient (Wildman–Crippen LogP) is 12.2. The molecule has 0 aliphatic heterocycles. The molecule has 0 saturated carbocycles. The summed E-state index contributed by atoms with van der Waals surface area (Å²) in [6.45, 7) is 17.0. The Morgan fingerprint density at radius 2 is 0.810 bits per heavy atom. The summed E-state index contributed by atoms with van der Waals surface area (Å²) in [7, 11) is 0. The third kappa shape index (κ3) is 3.77. The summed E-state index contributed by atoms with van der Waals surface area (Å²) in [5.41, 5.74) is 8.96. The average molecular weight is 535 g/mol. The van der Waals surface area contributed by atoms with Gasteiger partial charge in [0.15, 0.2) is 0 Å². The van der Waals surface area contributed by atoms with E-state index in [1.807, 2.05) is 24.3 Å². The minimum atomic E-state index is 1.06. The summed E-state index contributed by atoms with van der Waals surface area (Å²) in [5.74, 6) is 0. The lowest BCUT2D eigenvalue weighted by atomic mass is 9.83. The van der Waals surface area contributed by atoms with Crippen LogP contribution in [-0.2, 0) is 0 Å². The van der Waals surface area contributed by atoms with Gasteiger partial charge in [-0.1, -0.05) is 142 Å². The second kappa shape index (κ2) is 10.2. The minimum absolute atomic E-state index is 1.06. The van der Waals surface area contributed by atoms with Crippen LogP contribution in [0.3, 0.4) is 0 Å². The van der Waals surface area contributed by atoms with E-state index in [2.05, 4.69) is 136 Å². The van der Waals surface area contributed by atoms with Crippen LogP contribution in [0.5, 0.6) is 0 Å². The van der Waals surface area contributed by atoms with Crippen molar-refractivity contribution >= 4 is 67.4 Å². The number of fused-ring (bicyclic) bond motifs is 5. The highest BCUT2D eigenvalue weighted by molar-refractivity contribution is 6.19. The van der Waals surface area contributed by atoms with Crippen LogP contribution >= 0.6 is 0 Å². The maximum Gasteiger partial charge on any atom is -0.00923 e. The smallest absolute Gasteiger partial charge is 0.00923 e. The summed E-state index contributed by atoms with van der Waals surface area (Å²) in [6.07, 6.45) is 7.84. The number of benzene rings is 7. The summed E-state index contributed by atoms with van der Waals surface area (Å²) < 4.78 is 0. The highest BCUT2D eigenvalue weighted by Gasteiger charge is 2.19. The maximum atomic E-state index is 4.30. The van der Waals surface area contributed by atoms with Gasteiger partial charge in [-0.2, -0.15) is 0 Å². The van der Waals surface area contributed by atoms with Gasteiger partial charge >= 0.3 is 0 Å². The van der Waals surface area contributed by atoms with E-state index in [4.69, 9.17) is 0 Å². The lowest BCUT2D eigenvalue weighted by Crippen LogP contribution is -1.96. The maximum absolute atomic E-state index is 4.30. The fourth-order valence-corrected chi connectivity index (χ4v) is 6.69. The van der Waals surface area contributed by atoms with Gasteiger partial charge in [0.2, 0.25) is 0 Å². The Morgan fingerprint density at radius 1 is 0.310 bits per heavy atom. The fourth-order valence-electron chi connectivity index (χ4n) is 6.69. The molecule has 0 aromatic heterocycles. The van der Waals surface area contributed by atoms with E-state index in [-0.39, 0.29) is 0 Å². The van der Waals surface area contributed by atoms with Crippen LogP contribution in [0, 0.1) is 0 Å². The third-order valence-electron chi connectivity index (χ3n) is 8.56. The number of hydrogen-bond acceptors (Lipinski definition) is 0. The molecule has 0 heteroatoms. The Bertz CT molecular complexity index is 2250. The van der Waals surface area contributed by atoms with Crippen molar-refractivity contribution in [2.24, 2.45) is 0 Å². The molecule has 0 nitrogen and oxygen atoms in total. The van der Waals surface area contributed by atoms with Crippen molar-refractivity contribution in [1.29, 1.82) is 0 Å². The van der Waals surface area contributed by atoms with Crippen molar-refractivity contribution < 1.29 is 0 Å². The van der Waals surface area contributed by atoms with Crippen LogP contribution in [0.15, 0.2) is 136 Å². The topological polar surface area (TPSA) is 0 Å². The molecule has 7 rings (SSSR count). The van der Waals surface area contributed by atoms with Crippen molar-refractivity contribution in [2.45, 2.75) is 0 Å². The van der Waals surface area contributed by atoms with Crippen LogP contribution in [-0.4, -0.2) is 0 Å². The molecule has 0 atom stereocenters. The molecule has 0 aliphatic rings. The molecule has 0 N–H and O–H groups in total. The fraction of sp³-hybridized carbons (Fsp3) is 0. The minimum Gasteiger partial charge on any atom is -0.0984 e. The molecule has 0 saturated heterocycles. The normalized spacial score (nSPS) is 11.2. The van der Waals surface area contributed by atoms with Crippen molar-refractivity contribution in [1.82, 2.24) is 0 Å². The highest BCUT2D eigenvalue weighted by Crippen LogP contribution is 2.44. The van der Waals surface area contributed by atoms with Crippen LogP contribution in [0.25, 0.3) is 89.6 Å². The molecule has 7 aromatic carbocycles. The molecule has 7 aromatic rings. The summed E-state index contributed by atoms with van der Waals surface area (Å²) in [5, 5.41) is 9.60. The van der Waals surface area contributed by atoms with Crippen molar-refractivity contribution in [2.75, 3.05) is 0 Å². The predicted molar refractivity (Wildman–Crippen MR) is 188 cm³/mol. The first-order valence-corrected chi connectivity index (χ1v) is 14.2. The van der Waals surface area contributed by atoms with Crippen molar-refractivity contribution in [3.8, 4) is 22.3 Å². The first-order valence-electron chi connectivity index (χ1n) is 14.2. The summed E-state index contributed by atoms with van der Waals surface area (Å²) in [6, 6.07) is 39.3. The van der Waals surface area contributed by atoms with Crippen LogP contribution < -0.4 is 0 Å². The second-order valence-electron chi connectivity index (χ2n) is 10.6. The SMILES string of the molecule is C=Cc1c(-c2cc3c(cc(-c4cccc5ccccc45)c4ccccc43)c(C=C)c2C=C)cc2ccccc2c1C=C. The van der Waals surface area contributed by atoms with E-state index in [0.29, 0.717) is 0 Å². The molecular weight excluding hydrogens is 504 g/mol. The van der Waals surface area contributed by atoms with Gasteiger partial charge in [0.25, 0.3) is 0 Å².